The van der Waals surface area contributed by atoms with Crippen LogP contribution >= 0.6 is 0 Å². The van der Waals surface area contributed by atoms with Crippen LogP contribution < -0.4 is 0 Å². The number of likely N-dealkylation sites (tertiary alicyclic amines) is 1. The molecule has 0 radical (unpaired) electrons. The fourth-order valence-electron chi connectivity index (χ4n) is 2.47. The molecule has 0 aromatic heterocycles. The summed E-state index contributed by atoms with van der Waals surface area (Å²) in [5.74, 6) is 1.68. The van der Waals surface area contributed by atoms with Crippen molar-refractivity contribution >= 4 is 0 Å². The maximum Gasteiger partial charge on any atom is 0.0126 e. The monoisotopic (exact) mass is 183 g/mol. The third-order valence-electron chi connectivity index (χ3n) is 3.66. The zero-order valence-corrected chi connectivity index (χ0v) is 9.88. The summed E-state index contributed by atoms with van der Waals surface area (Å²) in [7, 11) is 0. The quantitative estimate of drug-likeness (QED) is 0.649. The molecule has 1 unspecified atom stereocenters. The van der Waals surface area contributed by atoms with Crippen molar-refractivity contribution in [2.24, 2.45) is 11.8 Å². The van der Waals surface area contributed by atoms with Gasteiger partial charge in [0.1, 0.15) is 0 Å². The summed E-state index contributed by atoms with van der Waals surface area (Å²) < 4.78 is 0. The first kappa shape index (κ1) is 11.0. The summed E-state index contributed by atoms with van der Waals surface area (Å²) in [6.45, 7) is 13.1. The summed E-state index contributed by atoms with van der Waals surface area (Å²) in [5.41, 5.74) is 0. The van der Waals surface area contributed by atoms with Gasteiger partial charge in [0.25, 0.3) is 0 Å². The second-order valence-electron chi connectivity index (χ2n) is 5.14. The minimum Gasteiger partial charge on any atom is -0.298 e. The summed E-state index contributed by atoms with van der Waals surface area (Å²) in [4.78, 5) is 2.69. The van der Waals surface area contributed by atoms with Crippen molar-refractivity contribution in [1.82, 2.24) is 4.90 Å². The molecule has 1 fully saturated rings. The Morgan fingerprint density at radius 1 is 1.08 bits per heavy atom. The maximum atomic E-state index is 2.69. The van der Waals surface area contributed by atoms with Crippen molar-refractivity contribution in [2.45, 2.75) is 59.5 Å². The van der Waals surface area contributed by atoms with Crippen LogP contribution in [0.5, 0.6) is 0 Å². The molecule has 78 valence electrons. The highest BCUT2D eigenvalue weighted by Gasteiger charge is 2.31. The van der Waals surface area contributed by atoms with E-state index in [0.717, 1.165) is 23.9 Å². The molecule has 0 aromatic rings. The molecule has 2 atom stereocenters. The van der Waals surface area contributed by atoms with Crippen LogP contribution in [0.2, 0.25) is 0 Å². The molecular weight excluding hydrogens is 158 g/mol. The molecule has 0 amide bonds. The molecule has 1 nitrogen and oxygen atoms in total. The molecule has 1 saturated heterocycles. The lowest BCUT2D eigenvalue weighted by molar-refractivity contribution is 0.135. The Bertz CT molecular complexity index is 151. The topological polar surface area (TPSA) is 3.24 Å². The van der Waals surface area contributed by atoms with Crippen molar-refractivity contribution in [3.05, 3.63) is 0 Å². The zero-order valence-electron chi connectivity index (χ0n) is 9.88. The molecule has 0 N–H and O–H groups in total. The van der Waals surface area contributed by atoms with Crippen LogP contribution in [-0.4, -0.2) is 23.5 Å². The van der Waals surface area contributed by atoms with E-state index in [1.165, 1.54) is 19.4 Å². The molecule has 1 heterocycles. The van der Waals surface area contributed by atoms with E-state index in [1.54, 1.807) is 0 Å². The second kappa shape index (κ2) is 4.45. The minimum absolute atomic E-state index is 0.730. The Balaban J connectivity index is 2.57. The van der Waals surface area contributed by atoms with Gasteiger partial charge in [0.2, 0.25) is 0 Å². The Morgan fingerprint density at radius 2 is 1.69 bits per heavy atom. The number of hydrogen-bond donors (Lipinski definition) is 0. The summed E-state index contributed by atoms with van der Waals surface area (Å²) >= 11 is 0. The van der Waals surface area contributed by atoms with Gasteiger partial charge >= 0.3 is 0 Å². The molecular formula is C12H25N. The summed E-state index contributed by atoms with van der Waals surface area (Å²) in [5, 5.41) is 0. The summed E-state index contributed by atoms with van der Waals surface area (Å²) in [6.07, 6.45) is 2.82. The maximum absolute atomic E-state index is 2.69. The molecule has 0 bridgehead atoms. The van der Waals surface area contributed by atoms with Crippen LogP contribution in [0.25, 0.3) is 0 Å². The van der Waals surface area contributed by atoms with Gasteiger partial charge in [0.15, 0.2) is 0 Å². The lowest BCUT2D eigenvalue weighted by atomic mass is 9.88. The van der Waals surface area contributed by atoms with E-state index in [2.05, 4.69) is 39.5 Å². The third-order valence-corrected chi connectivity index (χ3v) is 3.66. The van der Waals surface area contributed by atoms with Gasteiger partial charge in [0, 0.05) is 12.1 Å². The van der Waals surface area contributed by atoms with Crippen LogP contribution in [0.1, 0.15) is 47.5 Å². The van der Waals surface area contributed by atoms with Crippen LogP contribution in [0.3, 0.4) is 0 Å². The Morgan fingerprint density at radius 3 is 2.15 bits per heavy atom. The minimum atomic E-state index is 0.730. The van der Waals surface area contributed by atoms with Crippen molar-refractivity contribution in [1.29, 1.82) is 0 Å². The standard InChI is InChI=1S/C12H25N/c1-9(2)11(5)12-7-6-8-13(12)10(3)4/h9-12H,6-8H2,1-5H3/t11?,12-/m0/s1. The largest absolute Gasteiger partial charge is 0.298 e. The molecule has 1 aliphatic heterocycles. The summed E-state index contributed by atoms with van der Waals surface area (Å²) in [6, 6.07) is 1.58. The molecule has 0 aliphatic carbocycles. The average molecular weight is 183 g/mol. The molecule has 0 aromatic carbocycles. The number of hydrogen-bond acceptors (Lipinski definition) is 1. The second-order valence-corrected chi connectivity index (χ2v) is 5.14. The lowest BCUT2D eigenvalue weighted by Gasteiger charge is -2.34. The van der Waals surface area contributed by atoms with E-state index in [4.69, 9.17) is 0 Å². The van der Waals surface area contributed by atoms with Gasteiger partial charge in [0.05, 0.1) is 0 Å². The van der Waals surface area contributed by atoms with Gasteiger partial charge in [-0.2, -0.15) is 0 Å². The Labute approximate surface area is 83.5 Å². The van der Waals surface area contributed by atoms with Gasteiger partial charge in [-0.3, -0.25) is 4.90 Å². The Hall–Kier alpha value is -0.0400. The molecule has 1 aliphatic rings. The fourth-order valence-corrected chi connectivity index (χ4v) is 2.47. The first-order valence-electron chi connectivity index (χ1n) is 5.79. The number of nitrogens with zero attached hydrogens (tertiary/aromatic N) is 1. The number of rotatable bonds is 3. The fraction of sp³-hybridized carbons (Fsp3) is 1.00. The van der Waals surface area contributed by atoms with Crippen molar-refractivity contribution in [3.8, 4) is 0 Å². The van der Waals surface area contributed by atoms with Gasteiger partial charge in [-0.25, -0.2) is 0 Å². The molecule has 13 heavy (non-hydrogen) atoms. The van der Waals surface area contributed by atoms with Crippen LogP contribution in [0, 0.1) is 11.8 Å². The zero-order chi connectivity index (χ0) is 10.0. The highest BCUT2D eigenvalue weighted by atomic mass is 15.2. The lowest BCUT2D eigenvalue weighted by Crippen LogP contribution is -2.40. The Kier molecular flexibility index (Phi) is 3.78. The van der Waals surface area contributed by atoms with E-state index in [9.17, 15) is 0 Å². The van der Waals surface area contributed by atoms with Crippen molar-refractivity contribution in [2.75, 3.05) is 6.54 Å². The van der Waals surface area contributed by atoms with E-state index >= 15 is 0 Å². The SMILES string of the molecule is CC(C)C(C)[C@@H]1CCCN1C(C)C. The van der Waals surface area contributed by atoms with E-state index in [1.807, 2.05) is 0 Å². The predicted molar refractivity (Wildman–Crippen MR) is 58.9 cm³/mol. The average Bonchev–Trinajstić information content (AvgIpc) is 2.50. The molecule has 1 heteroatoms. The highest BCUT2D eigenvalue weighted by Crippen LogP contribution is 2.29. The molecule has 0 spiro atoms. The van der Waals surface area contributed by atoms with E-state index < -0.39 is 0 Å². The van der Waals surface area contributed by atoms with Gasteiger partial charge < -0.3 is 0 Å². The van der Waals surface area contributed by atoms with Crippen LogP contribution in [0.15, 0.2) is 0 Å². The van der Waals surface area contributed by atoms with Gasteiger partial charge in [-0.1, -0.05) is 20.8 Å². The normalized spacial score (nSPS) is 27.5. The first-order valence-corrected chi connectivity index (χ1v) is 5.79. The smallest absolute Gasteiger partial charge is 0.0126 e. The molecule has 0 saturated carbocycles. The van der Waals surface area contributed by atoms with Gasteiger partial charge in [-0.05, 0) is 45.1 Å². The van der Waals surface area contributed by atoms with Crippen LogP contribution in [-0.2, 0) is 0 Å². The predicted octanol–water partition coefficient (Wildman–Crippen LogP) is 3.15. The van der Waals surface area contributed by atoms with Crippen molar-refractivity contribution < 1.29 is 0 Å². The van der Waals surface area contributed by atoms with Gasteiger partial charge in [-0.15, -0.1) is 0 Å². The highest BCUT2D eigenvalue weighted by molar-refractivity contribution is 4.86. The van der Waals surface area contributed by atoms with E-state index in [-0.39, 0.29) is 0 Å². The van der Waals surface area contributed by atoms with Crippen LogP contribution in [0.4, 0.5) is 0 Å². The van der Waals surface area contributed by atoms with E-state index in [0.29, 0.717) is 0 Å². The van der Waals surface area contributed by atoms with Crippen molar-refractivity contribution in [3.63, 3.8) is 0 Å². The molecule has 1 rings (SSSR count). The third kappa shape index (κ3) is 2.46. The first-order chi connectivity index (χ1) is 6.04.